The molecule has 1 aliphatic rings. The number of amides is 2. The molecule has 2 amide bonds. The van der Waals surface area contributed by atoms with Gasteiger partial charge in [0, 0.05) is 35.2 Å². The number of nitrogens with one attached hydrogen (secondary N) is 2. The van der Waals surface area contributed by atoms with E-state index < -0.39 is 11.8 Å². The molecule has 0 aromatic heterocycles. The van der Waals surface area contributed by atoms with Crippen LogP contribution in [0.5, 0.6) is 0 Å². The largest absolute Gasteiger partial charge is 0.372 e. The van der Waals surface area contributed by atoms with E-state index in [1.54, 1.807) is 24.3 Å². The average molecular weight is 372 g/mol. The van der Waals surface area contributed by atoms with Gasteiger partial charge in [0.05, 0.1) is 0 Å². The van der Waals surface area contributed by atoms with Crippen LogP contribution < -0.4 is 15.5 Å². The van der Waals surface area contributed by atoms with Crippen molar-refractivity contribution >= 4 is 40.5 Å². The van der Waals surface area contributed by atoms with Crippen LogP contribution in [-0.2, 0) is 9.59 Å². The summed E-state index contributed by atoms with van der Waals surface area (Å²) < 4.78 is 0. The molecule has 26 heavy (non-hydrogen) atoms. The number of hydrogen-bond donors (Lipinski definition) is 2. The average Bonchev–Trinajstić information content (AvgIpc) is 2.63. The van der Waals surface area contributed by atoms with Gasteiger partial charge in [-0.3, -0.25) is 9.59 Å². The Hall–Kier alpha value is -2.53. The Morgan fingerprint density at radius 1 is 0.962 bits per heavy atom. The maximum Gasteiger partial charge on any atom is 0.314 e. The molecule has 0 radical (unpaired) electrons. The van der Waals surface area contributed by atoms with Gasteiger partial charge in [-0.15, -0.1) is 0 Å². The molecular weight excluding hydrogens is 350 g/mol. The lowest BCUT2D eigenvalue weighted by molar-refractivity contribution is -0.132. The van der Waals surface area contributed by atoms with Crippen molar-refractivity contribution in [3.63, 3.8) is 0 Å². The molecule has 2 aromatic carbocycles. The van der Waals surface area contributed by atoms with Crippen molar-refractivity contribution in [2.75, 3.05) is 28.6 Å². The van der Waals surface area contributed by atoms with Crippen molar-refractivity contribution in [1.82, 2.24) is 0 Å². The van der Waals surface area contributed by atoms with Crippen molar-refractivity contribution in [3.05, 3.63) is 53.6 Å². The molecule has 5 nitrogen and oxygen atoms in total. The van der Waals surface area contributed by atoms with Crippen LogP contribution in [0, 0.1) is 5.92 Å². The fraction of sp³-hybridized carbons (Fsp3) is 0.300. The molecule has 0 saturated carbocycles. The fourth-order valence-electron chi connectivity index (χ4n) is 2.96. The third-order valence-electron chi connectivity index (χ3n) is 4.56. The van der Waals surface area contributed by atoms with Gasteiger partial charge in [-0.05, 0) is 61.2 Å². The van der Waals surface area contributed by atoms with Crippen LogP contribution in [0.2, 0.25) is 5.02 Å². The van der Waals surface area contributed by atoms with Gasteiger partial charge in [-0.2, -0.15) is 0 Å². The number of carbonyl (C=O) groups excluding carboxylic acids is 2. The summed E-state index contributed by atoms with van der Waals surface area (Å²) in [6.45, 7) is 4.38. The first-order chi connectivity index (χ1) is 12.5. The van der Waals surface area contributed by atoms with Crippen molar-refractivity contribution in [1.29, 1.82) is 0 Å². The van der Waals surface area contributed by atoms with Crippen LogP contribution >= 0.6 is 11.6 Å². The number of anilines is 3. The van der Waals surface area contributed by atoms with Gasteiger partial charge < -0.3 is 15.5 Å². The van der Waals surface area contributed by atoms with E-state index in [4.69, 9.17) is 11.6 Å². The van der Waals surface area contributed by atoms with Crippen molar-refractivity contribution in [2.45, 2.75) is 19.8 Å². The number of nitrogens with zero attached hydrogens (tertiary/aromatic N) is 1. The third-order valence-corrected chi connectivity index (χ3v) is 4.80. The molecule has 2 aromatic rings. The second-order valence-corrected chi connectivity index (χ2v) is 7.07. The molecule has 1 heterocycles. The normalized spacial score (nSPS) is 14.8. The van der Waals surface area contributed by atoms with E-state index in [2.05, 4.69) is 22.5 Å². The first kappa shape index (κ1) is 18.3. The van der Waals surface area contributed by atoms with Crippen LogP contribution in [0.15, 0.2) is 48.5 Å². The number of carbonyl (C=O) groups is 2. The molecular formula is C20H22ClN3O2. The van der Waals surface area contributed by atoms with E-state index in [0.29, 0.717) is 16.4 Å². The second-order valence-electron chi connectivity index (χ2n) is 6.64. The van der Waals surface area contributed by atoms with E-state index in [1.165, 1.54) is 12.8 Å². The van der Waals surface area contributed by atoms with Crippen molar-refractivity contribution in [3.8, 4) is 0 Å². The van der Waals surface area contributed by atoms with Crippen LogP contribution in [0.4, 0.5) is 17.1 Å². The van der Waals surface area contributed by atoms with Gasteiger partial charge in [0.25, 0.3) is 0 Å². The zero-order chi connectivity index (χ0) is 18.5. The van der Waals surface area contributed by atoms with E-state index in [-0.39, 0.29) is 0 Å². The molecule has 0 aliphatic carbocycles. The highest BCUT2D eigenvalue weighted by Gasteiger charge is 2.17. The molecule has 1 fully saturated rings. The van der Waals surface area contributed by atoms with E-state index in [0.717, 1.165) is 24.7 Å². The highest BCUT2D eigenvalue weighted by Crippen LogP contribution is 2.24. The molecule has 136 valence electrons. The molecule has 1 aliphatic heterocycles. The summed E-state index contributed by atoms with van der Waals surface area (Å²) in [7, 11) is 0. The number of halogens is 1. The Labute approximate surface area is 158 Å². The van der Waals surface area contributed by atoms with E-state index in [9.17, 15) is 9.59 Å². The molecule has 1 saturated heterocycles. The maximum atomic E-state index is 12.1. The number of benzene rings is 2. The van der Waals surface area contributed by atoms with Crippen LogP contribution in [0.1, 0.15) is 19.8 Å². The number of piperidine rings is 1. The molecule has 0 spiro atoms. The zero-order valence-electron chi connectivity index (χ0n) is 14.7. The number of hydrogen-bond acceptors (Lipinski definition) is 3. The predicted octanol–water partition coefficient (Wildman–Crippen LogP) is 4.15. The second kappa shape index (κ2) is 8.23. The number of rotatable bonds is 3. The Kier molecular flexibility index (Phi) is 5.78. The minimum absolute atomic E-state index is 0.479. The Balaban J connectivity index is 1.56. The lowest BCUT2D eigenvalue weighted by Crippen LogP contribution is -2.32. The maximum absolute atomic E-state index is 12.1. The van der Waals surface area contributed by atoms with E-state index >= 15 is 0 Å². The van der Waals surface area contributed by atoms with Crippen molar-refractivity contribution < 1.29 is 9.59 Å². The van der Waals surface area contributed by atoms with Gasteiger partial charge in [0.15, 0.2) is 0 Å². The van der Waals surface area contributed by atoms with Gasteiger partial charge in [-0.1, -0.05) is 24.6 Å². The third kappa shape index (κ3) is 4.76. The lowest BCUT2D eigenvalue weighted by atomic mass is 9.99. The molecule has 2 N–H and O–H groups in total. The minimum Gasteiger partial charge on any atom is -0.372 e. The first-order valence-electron chi connectivity index (χ1n) is 8.74. The lowest BCUT2D eigenvalue weighted by Gasteiger charge is -2.32. The molecule has 3 rings (SSSR count). The van der Waals surface area contributed by atoms with Gasteiger partial charge in [-0.25, -0.2) is 0 Å². The van der Waals surface area contributed by atoms with E-state index in [1.807, 2.05) is 24.3 Å². The van der Waals surface area contributed by atoms with Crippen LogP contribution in [0.3, 0.4) is 0 Å². The van der Waals surface area contributed by atoms with Gasteiger partial charge in [0.1, 0.15) is 0 Å². The SMILES string of the molecule is CC1CCN(c2ccc(NC(=O)C(=O)Nc3cccc(Cl)c3)cc2)CC1. The van der Waals surface area contributed by atoms with Gasteiger partial charge >= 0.3 is 11.8 Å². The van der Waals surface area contributed by atoms with Crippen molar-refractivity contribution in [2.24, 2.45) is 5.92 Å². The standard InChI is InChI=1S/C20H22ClN3O2/c1-14-9-11-24(12-10-14)18-7-5-16(6-8-18)22-19(25)20(26)23-17-4-2-3-15(21)13-17/h2-8,13-14H,9-12H2,1H3,(H,22,25)(H,23,26). The summed E-state index contributed by atoms with van der Waals surface area (Å²) in [6, 6.07) is 14.2. The minimum atomic E-state index is -0.735. The summed E-state index contributed by atoms with van der Waals surface area (Å²) in [5.41, 5.74) is 2.20. The Bertz CT molecular complexity index is 784. The zero-order valence-corrected chi connectivity index (χ0v) is 15.4. The summed E-state index contributed by atoms with van der Waals surface area (Å²) in [5.74, 6) is -0.672. The summed E-state index contributed by atoms with van der Waals surface area (Å²) in [5, 5.41) is 5.63. The van der Waals surface area contributed by atoms with Gasteiger partial charge in [0.2, 0.25) is 0 Å². The summed E-state index contributed by atoms with van der Waals surface area (Å²) in [6.07, 6.45) is 2.39. The molecule has 0 atom stereocenters. The van der Waals surface area contributed by atoms with Crippen LogP contribution in [-0.4, -0.2) is 24.9 Å². The van der Waals surface area contributed by atoms with Crippen LogP contribution in [0.25, 0.3) is 0 Å². The molecule has 6 heteroatoms. The monoisotopic (exact) mass is 371 g/mol. The first-order valence-corrected chi connectivity index (χ1v) is 9.12. The topological polar surface area (TPSA) is 61.4 Å². The molecule has 0 unspecified atom stereocenters. The Morgan fingerprint density at radius 2 is 1.58 bits per heavy atom. The highest BCUT2D eigenvalue weighted by atomic mass is 35.5. The quantitative estimate of drug-likeness (QED) is 0.796. The summed E-state index contributed by atoms with van der Waals surface area (Å²) in [4.78, 5) is 26.4. The smallest absolute Gasteiger partial charge is 0.314 e. The Morgan fingerprint density at radius 3 is 2.19 bits per heavy atom. The fourth-order valence-corrected chi connectivity index (χ4v) is 3.15. The summed E-state index contributed by atoms with van der Waals surface area (Å²) >= 11 is 5.87. The highest BCUT2D eigenvalue weighted by molar-refractivity contribution is 6.43. The molecule has 0 bridgehead atoms. The predicted molar refractivity (Wildman–Crippen MR) is 106 cm³/mol.